The Morgan fingerprint density at radius 3 is 2.42 bits per heavy atom. The monoisotopic (exact) mass is 286 g/mol. The van der Waals surface area contributed by atoms with E-state index < -0.39 is 10.0 Å². The van der Waals surface area contributed by atoms with Crippen molar-refractivity contribution in [1.82, 2.24) is 0 Å². The molecule has 19 heavy (non-hydrogen) atoms. The SMILES string of the molecule is COC(C)CCC(=O)Nc1ccc(S(N)(=O)=O)cc1. The lowest BCUT2D eigenvalue weighted by Gasteiger charge is -2.09. The van der Waals surface area contributed by atoms with Crippen molar-refractivity contribution in [3.63, 3.8) is 0 Å². The summed E-state index contributed by atoms with van der Waals surface area (Å²) in [7, 11) is -2.11. The topological polar surface area (TPSA) is 98.5 Å². The van der Waals surface area contributed by atoms with Gasteiger partial charge in [-0.2, -0.15) is 0 Å². The zero-order chi connectivity index (χ0) is 14.5. The Bertz CT molecular complexity index is 525. The average molecular weight is 286 g/mol. The number of nitrogens with one attached hydrogen (secondary N) is 1. The summed E-state index contributed by atoms with van der Waals surface area (Å²) in [6, 6.07) is 5.69. The summed E-state index contributed by atoms with van der Waals surface area (Å²) in [6.45, 7) is 1.88. The minimum atomic E-state index is -3.70. The van der Waals surface area contributed by atoms with Crippen LogP contribution >= 0.6 is 0 Å². The number of hydrogen-bond donors (Lipinski definition) is 2. The Kier molecular flexibility index (Phi) is 5.46. The van der Waals surface area contributed by atoms with Gasteiger partial charge in [0.15, 0.2) is 0 Å². The van der Waals surface area contributed by atoms with Crippen LogP contribution < -0.4 is 10.5 Å². The fourth-order valence-electron chi connectivity index (χ4n) is 1.40. The number of amides is 1. The summed E-state index contributed by atoms with van der Waals surface area (Å²) in [6.07, 6.45) is 0.985. The Morgan fingerprint density at radius 1 is 1.37 bits per heavy atom. The number of methoxy groups -OCH3 is 1. The Balaban J connectivity index is 2.56. The molecule has 1 atom stereocenters. The third kappa shape index (κ3) is 5.37. The number of hydrogen-bond acceptors (Lipinski definition) is 4. The van der Waals surface area contributed by atoms with Crippen LogP contribution in [-0.2, 0) is 19.6 Å². The van der Waals surface area contributed by atoms with Crippen LogP contribution in [0.15, 0.2) is 29.2 Å². The molecular formula is C12H18N2O4S. The molecule has 1 unspecified atom stereocenters. The minimum Gasteiger partial charge on any atom is -0.382 e. The van der Waals surface area contributed by atoms with Crippen molar-refractivity contribution in [2.75, 3.05) is 12.4 Å². The lowest BCUT2D eigenvalue weighted by molar-refractivity contribution is -0.116. The van der Waals surface area contributed by atoms with Gasteiger partial charge in [-0.15, -0.1) is 0 Å². The zero-order valence-electron chi connectivity index (χ0n) is 10.9. The van der Waals surface area contributed by atoms with Gasteiger partial charge in [0.2, 0.25) is 15.9 Å². The molecule has 0 fully saturated rings. The van der Waals surface area contributed by atoms with Crippen molar-refractivity contribution < 1.29 is 17.9 Å². The summed E-state index contributed by atoms with van der Waals surface area (Å²) in [4.78, 5) is 11.6. The molecule has 1 aromatic carbocycles. The van der Waals surface area contributed by atoms with Crippen molar-refractivity contribution >= 4 is 21.6 Å². The quantitative estimate of drug-likeness (QED) is 0.817. The van der Waals surface area contributed by atoms with Gasteiger partial charge in [0, 0.05) is 19.2 Å². The van der Waals surface area contributed by atoms with Crippen molar-refractivity contribution in [2.45, 2.75) is 30.8 Å². The van der Waals surface area contributed by atoms with Crippen LogP contribution in [0.1, 0.15) is 19.8 Å². The van der Waals surface area contributed by atoms with E-state index in [-0.39, 0.29) is 16.9 Å². The van der Waals surface area contributed by atoms with Gasteiger partial charge >= 0.3 is 0 Å². The van der Waals surface area contributed by atoms with Crippen LogP contribution in [0, 0.1) is 0 Å². The predicted octanol–water partition coefficient (Wildman–Crippen LogP) is 1.09. The van der Waals surface area contributed by atoms with E-state index in [1.807, 2.05) is 6.92 Å². The molecule has 0 aliphatic heterocycles. The van der Waals surface area contributed by atoms with Gasteiger partial charge in [0.1, 0.15) is 0 Å². The maximum atomic E-state index is 11.6. The van der Waals surface area contributed by atoms with E-state index in [2.05, 4.69) is 5.32 Å². The van der Waals surface area contributed by atoms with E-state index in [1.165, 1.54) is 24.3 Å². The van der Waals surface area contributed by atoms with Gasteiger partial charge in [-0.25, -0.2) is 13.6 Å². The second kappa shape index (κ2) is 6.65. The number of carbonyl (C=O) groups is 1. The van der Waals surface area contributed by atoms with Crippen LogP contribution in [0.4, 0.5) is 5.69 Å². The van der Waals surface area contributed by atoms with E-state index in [0.29, 0.717) is 18.5 Å². The third-order valence-electron chi connectivity index (χ3n) is 2.65. The summed E-state index contributed by atoms with van der Waals surface area (Å²) >= 11 is 0. The number of rotatable bonds is 6. The number of sulfonamides is 1. The highest BCUT2D eigenvalue weighted by molar-refractivity contribution is 7.89. The summed E-state index contributed by atoms with van der Waals surface area (Å²) in [5, 5.41) is 7.65. The predicted molar refractivity (Wildman–Crippen MR) is 72.1 cm³/mol. The first-order chi connectivity index (χ1) is 8.82. The minimum absolute atomic E-state index is 0.0125. The summed E-state index contributed by atoms with van der Waals surface area (Å²) in [5.41, 5.74) is 0.530. The maximum absolute atomic E-state index is 11.6. The fraction of sp³-hybridized carbons (Fsp3) is 0.417. The molecule has 0 aliphatic carbocycles. The van der Waals surface area contributed by atoms with Gasteiger partial charge in [-0.3, -0.25) is 4.79 Å². The first-order valence-electron chi connectivity index (χ1n) is 5.78. The fourth-order valence-corrected chi connectivity index (χ4v) is 1.92. The van der Waals surface area contributed by atoms with Crippen molar-refractivity contribution in [3.8, 4) is 0 Å². The molecule has 1 amide bonds. The van der Waals surface area contributed by atoms with Gasteiger partial charge in [-0.05, 0) is 37.6 Å². The van der Waals surface area contributed by atoms with Gasteiger partial charge in [-0.1, -0.05) is 0 Å². The first-order valence-corrected chi connectivity index (χ1v) is 7.33. The molecule has 7 heteroatoms. The van der Waals surface area contributed by atoms with E-state index >= 15 is 0 Å². The number of nitrogens with two attached hydrogens (primary N) is 1. The molecule has 0 saturated carbocycles. The first kappa shape index (κ1) is 15.6. The molecule has 0 spiro atoms. The van der Waals surface area contributed by atoms with Gasteiger partial charge in [0.05, 0.1) is 11.0 Å². The number of benzene rings is 1. The smallest absolute Gasteiger partial charge is 0.238 e. The van der Waals surface area contributed by atoms with Gasteiger partial charge in [0.25, 0.3) is 0 Å². The standard InChI is InChI=1S/C12H18N2O4S/c1-9(18-2)3-8-12(15)14-10-4-6-11(7-5-10)19(13,16)17/h4-7,9H,3,8H2,1-2H3,(H,14,15)(H2,13,16,17). The largest absolute Gasteiger partial charge is 0.382 e. The molecule has 106 valence electrons. The lowest BCUT2D eigenvalue weighted by Crippen LogP contribution is -2.15. The molecule has 6 nitrogen and oxygen atoms in total. The second-order valence-corrected chi connectivity index (χ2v) is 5.76. The van der Waals surface area contributed by atoms with E-state index in [9.17, 15) is 13.2 Å². The number of carbonyl (C=O) groups excluding carboxylic acids is 1. The molecular weight excluding hydrogens is 268 g/mol. The number of anilines is 1. The molecule has 1 rings (SSSR count). The number of ether oxygens (including phenoxy) is 1. The summed E-state index contributed by atoms with van der Waals surface area (Å²) in [5.74, 6) is -0.146. The molecule has 0 radical (unpaired) electrons. The van der Waals surface area contributed by atoms with Crippen LogP contribution in [0.2, 0.25) is 0 Å². The lowest BCUT2D eigenvalue weighted by atomic mass is 10.2. The summed E-state index contributed by atoms with van der Waals surface area (Å²) < 4.78 is 27.2. The second-order valence-electron chi connectivity index (χ2n) is 4.20. The molecule has 0 saturated heterocycles. The zero-order valence-corrected chi connectivity index (χ0v) is 11.7. The molecule has 0 heterocycles. The van der Waals surface area contributed by atoms with Crippen molar-refractivity contribution in [1.29, 1.82) is 0 Å². The highest BCUT2D eigenvalue weighted by Gasteiger charge is 2.09. The Labute approximate surface area is 113 Å². The van der Waals surface area contributed by atoms with Crippen LogP contribution in [-0.4, -0.2) is 27.5 Å². The third-order valence-corrected chi connectivity index (χ3v) is 3.58. The van der Waals surface area contributed by atoms with E-state index in [0.717, 1.165) is 0 Å². The molecule has 1 aromatic rings. The van der Waals surface area contributed by atoms with Crippen molar-refractivity contribution in [2.24, 2.45) is 5.14 Å². The highest BCUT2D eigenvalue weighted by atomic mass is 32.2. The normalized spacial score (nSPS) is 13.0. The van der Waals surface area contributed by atoms with Gasteiger partial charge < -0.3 is 10.1 Å². The molecule has 0 aromatic heterocycles. The van der Waals surface area contributed by atoms with Crippen LogP contribution in [0.5, 0.6) is 0 Å². The maximum Gasteiger partial charge on any atom is 0.238 e. The molecule has 0 bridgehead atoms. The van der Waals surface area contributed by atoms with Crippen LogP contribution in [0.25, 0.3) is 0 Å². The Morgan fingerprint density at radius 2 is 1.95 bits per heavy atom. The van der Waals surface area contributed by atoms with E-state index in [4.69, 9.17) is 9.88 Å². The van der Waals surface area contributed by atoms with E-state index in [1.54, 1.807) is 7.11 Å². The highest BCUT2D eigenvalue weighted by Crippen LogP contribution is 2.13. The Hall–Kier alpha value is -1.44. The molecule has 0 aliphatic rings. The van der Waals surface area contributed by atoms with Crippen LogP contribution in [0.3, 0.4) is 0 Å². The van der Waals surface area contributed by atoms with Crippen molar-refractivity contribution in [3.05, 3.63) is 24.3 Å². The molecule has 3 N–H and O–H groups in total. The number of primary sulfonamides is 1. The average Bonchev–Trinajstić information content (AvgIpc) is 2.35.